The first-order valence-electron chi connectivity index (χ1n) is 9.93. The molecular formula is C24H26N2O5S. The maximum atomic E-state index is 12.7. The quantitative estimate of drug-likeness (QED) is 0.553. The van der Waals surface area contributed by atoms with Crippen LogP contribution in [0.2, 0.25) is 0 Å². The summed E-state index contributed by atoms with van der Waals surface area (Å²) in [6.45, 7) is 3.55. The number of likely N-dealkylation sites (N-methyl/N-ethyl adjacent to an activating group) is 1. The molecule has 8 heteroatoms. The van der Waals surface area contributed by atoms with Crippen molar-refractivity contribution in [2.24, 2.45) is 0 Å². The highest BCUT2D eigenvalue weighted by Crippen LogP contribution is 2.23. The summed E-state index contributed by atoms with van der Waals surface area (Å²) in [4.78, 5) is 14.0. The third-order valence-electron chi connectivity index (χ3n) is 4.95. The Kier molecular flexibility index (Phi) is 7.05. The second kappa shape index (κ2) is 9.74. The summed E-state index contributed by atoms with van der Waals surface area (Å²) >= 11 is 0. The van der Waals surface area contributed by atoms with E-state index in [1.807, 2.05) is 26.0 Å². The molecule has 0 bridgehead atoms. The molecule has 0 radical (unpaired) electrons. The van der Waals surface area contributed by atoms with E-state index >= 15 is 0 Å². The molecule has 0 aliphatic carbocycles. The number of nitrogens with one attached hydrogen (secondary N) is 1. The van der Waals surface area contributed by atoms with Crippen molar-refractivity contribution in [1.82, 2.24) is 0 Å². The molecule has 168 valence electrons. The average Bonchev–Trinajstić information content (AvgIpc) is 2.79. The number of hydrogen-bond donors (Lipinski definition) is 1. The Morgan fingerprint density at radius 3 is 2.38 bits per heavy atom. The van der Waals surface area contributed by atoms with Crippen molar-refractivity contribution >= 4 is 27.3 Å². The standard InChI is InChI=1S/C24H26N2O5S/c1-17-8-9-18(2)23(14-17)25-32(28,29)22-12-10-20(11-13-22)31-16-24(27)26(3)19-6-5-7-21(15-19)30-4/h5-15,25H,16H2,1-4H3. The number of methoxy groups -OCH3 is 1. The molecular weight excluding hydrogens is 428 g/mol. The minimum absolute atomic E-state index is 0.102. The van der Waals surface area contributed by atoms with Crippen LogP contribution in [0.3, 0.4) is 0 Å². The third-order valence-corrected chi connectivity index (χ3v) is 6.33. The van der Waals surface area contributed by atoms with E-state index < -0.39 is 10.0 Å². The second-order valence-corrected chi connectivity index (χ2v) is 9.02. The van der Waals surface area contributed by atoms with Gasteiger partial charge in [-0.2, -0.15) is 0 Å². The normalized spacial score (nSPS) is 11.0. The number of ether oxygens (including phenoxy) is 2. The van der Waals surface area contributed by atoms with Crippen LogP contribution in [-0.4, -0.2) is 35.1 Å². The minimum Gasteiger partial charge on any atom is -0.497 e. The van der Waals surface area contributed by atoms with E-state index in [0.717, 1.165) is 11.1 Å². The summed E-state index contributed by atoms with van der Waals surface area (Å²) in [5.74, 6) is 0.781. The van der Waals surface area contributed by atoms with Gasteiger partial charge >= 0.3 is 0 Å². The summed E-state index contributed by atoms with van der Waals surface area (Å²) in [5.41, 5.74) is 3.01. The van der Waals surface area contributed by atoms with Gasteiger partial charge in [0.2, 0.25) is 0 Å². The topological polar surface area (TPSA) is 84.9 Å². The van der Waals surface area contributed by atoms with Gasteiger partial charge in [0.05, 0.1) is 17.7 Å². The number of nitrogens with zero attached hydrogens (tertiary/aromatic N) is 1. The van der Waals surface area contributed by atoms with Gasteiger partial charge in [0, 0.05) is 18.8 Å². The van der Waals surface area contributed by atoms with E-state index in [0.29, 0.717) is 22.9 Å². The summed E-state index contributed by atoms with van der Waals surface area (Å²) in [7, 11) is -0.540. The van der Waals surface area contributed by atoms with E-state index in [1.165, 1.54) is 29.2 Å². The van der Waals surface area contributed by atoms with Crippen molar-refractivity contribution in [1.29, 1.82) is 0 Å². The van der Waals surface area contributed by atoms with E-state index in [2.05, 4.69) is 4.72 Å². The van der Waals surface area contributed by atoms with Gasteiger partial charge in [-0.25, -0.2) is 8.42 Å². The van der Waals surface area contributed by atoms with Gasteiger partial charge in [-0.1, -0.05) is 18.2 Å². The van der Waals surface area contributed by atoms with E-state index in [1.54, 1.807) is 44.5 Å². The SMILES string of the molecule is COc1cccc(N(C)C(=O)COc2ccc(S(=O)(=O)Nc3cc(C)ccc3C)cc2)c1. The molecule has 1 N–H and O–H groups in total. The minimum atomic E-state index is -3.75. The van der Waals surface area contributed by atoms with Crippen LogP contribution < -0.4 is 19.1 Å². The molecule has 1 amide bonds. The molecule has 0 fully saturated rings. The van der Waals surface area contributed by atoms with Crippen molar-refractivity contribution in [3.63, 3.8) is 0 Å². The van der Waals surface area contributed by atoms with Gasteiger partial charge in [0.1, 0.15) is 11.5 Å². The van der Waals surface area contributed by atoms with Crippen LogP contribution in [0, 0.1) is 13.8 Å². The number of carbonyl (C=O) groups is 1. The van der Waals surface area contributed by atoms with Gasteiger partial charge in [0.15, 0.2) is 6.61 Å². The Morgan fingerprint density at radius 1 is 0.969 bits per heavy atom. The summed E-state index contributed by atoms with van der Waals surface area (Å²) in [6, 6.07) is 18.6. The fraction of sp³-hybridized carbons (Fsp3) is 0.208. The Balaban J connectivity index is 1.63. The van der Waals surface area contributed by atoms with Crippen molar-refractivity contribution in [3.8, 4) is 11.5 Å². The molecule has 3 aromatic carbocycles. The zero-order valence-corrected chi connectivity index (χ0v) is 19.3. The van der Waals surface area contributed by atoms with Gasteiger partial charge in [-0.15, -0.1) is 0 Å². The molecule has 32 heavy (non-hydrogen) atoms. The molecule has 0 heterocycles. The van der Waals surface area contributed by atoms with Gasteiger partial charge in [-0.3, -0.25) is 9.52 Å². The van der Waals surface area contributed by atoms with E-state index in [4.69, 9.17) is 9.47 Å². The lowest BCUT2D eigenvalue weighted by atomic mass is 10.1. The van der Waals surface area contributed by atoms with Crippen LogP contribution in [0.25, 0.3) is 0 Å². The van der Waals surface area contributed by atoms with E-state index in [-0.39, 0.29) is 17.4 Å². The Bertz CT molecular complexity index is 1210. The number of amides is 1. The molecule has 3 aromatic rings. The van der Waals surface area contributed by atoms with E-state index in [9.17, 15) is 13.2 Å². The second-order valence-electron chi connectivity index (χ2n) is 7.34. The Morgan fingerprint density at radius 2 is 1.69 bits per heavy atom. The summed E-state index contributed by atoms with van der Waals surface area (Å²) in [6.07, 6.45) is 0. The smallest absolute Gasteiger partial charge is 0.264 e. The van der Waals surface area contributed by atoms with Crippen LogP contribution in [0.15, 0.2) is 71.6 Å². The lowest BCUT2D eigenvalue weighted by Gasteiger charge is -2.18. The average molecular weight is 455 g/mol. The zero-order valence-electron chi connectivity index (χ0n) is 18.5. The predicted octanol–water partition coefficient (Wildman–Crippen LogP) is 4.15. The molecule has 0 aliphatic rings. The van der Waals surface area contributed by atoms with Crippen molar-refractivity contribution in [3.05, 3.63) is 77.9 Å². The monoisotopic (exact) mass is 454 g/mol. The number of benzene rings is 3. The van der Waals surface area contributed by atoms with Gasteiger partial charge in [-0.05, 0) is 67.4 Å². The Labute approximate surface area is 188 Å². The maximum Gasteiger partial charge on any atom is 0.264 e. The van der Waals surface area contributed by atoms with Crippen molar-refractivity contribution in [2.45, 2.75) is 18.7 Å². The third kappa shape index (κ3) is 5.59. The summed E-state index contributed by atoms with van der Waals surface area (Å²) in [5, 5.41) is 0. The van der Waals surface area contributed by atoms with Gasteiger partial charge < -0.3 is 14.4 Å². The molecule has 0 unspecified atom stereocenters. The number of anilines is 2. The van der Waals surface area contributed by atoms with Crippen LogP contribution in [0.1, 0.15) is 11.1 Å². The molecule has 0 saturated heterocycles. The molecule has 7 nitrogen and oxygen atoms in total. The zero-order chi connectivity index (χ0) is 23.3. The number of rotatable bonds is 8. The first kappa shape index (κ1) is 23.1. The fourth-order valence-corrected chi connectivity index (χ4v) is 4.09. The molecule has 0 aromatic heterocycles. The molecule has 3 rings (SSSR count). The first-order chi connectivity index (χ1) is 15.2. The highest BCUT2D eigenvalue weighted by Gasteiger charge is 2.16. The van der Waals surface area contributed by atoms with Crippen LogP contribution in [0.4, 0.5) is 11.4 Å². The number of aryl methyl sites for hydroxylation is 2. The lowest BCUT2D eigenvalue weighted by Crippen LogP contribution is -2.31. The van der Waals surface area contributed by atoms with Crippen molar-refractivity contribution < 1.29 is 22.7 Å². The molecule has 0 spiro atoms. The first-order valence-corrected chi connectivity index (χ1v) is 11.4. The van der Waals surface area contributed by atoms with Crippen molar-refractivity contribution in [2.75, 3.05) is 30.4 Å². The van der Waals surface area contributed by atoms with Crippen LogP contribution in [0.5, 0.6) is 11.5 Å². The predicted molar refractivity (Wildman–Crippen MR) is 125 cm³/mol. The summed E-state index contributed by atoms with van der Waals surface area (Å²) < 4.78 is 38.8. The number of carbonyl (C=O) groups excluding carboxylic acids is 1. The maximum absolute atomic E-state index is 12.7. The molecule has 0 atom stereocenters. The highest BCUT2D eigenvalue weighted by atomic mass is 32.2. The number of sulfonamides is 1. The largest absolute Gasteiger partial charge is 0.497 e. The number of hydrogen-bond acceptors (Lipinski definition) is 5. The van der Waals surface area contributed by atoms with Gasteiger partial charge in [0.25, 0.3) is 15.9 Å². The molecule has 0 saturated carbocycles. The lowest BCUT2D eigenvalue weighted by molar-refractivity contribution is -0.120. The molecule has 0 aliphatic heterocycles. The van der Waals surface area contributed by atoms with Crippen LogP contribution >= 0.6 is 0 Å². The van der Waals surface area contributed by atoms with Crippen LogP contribution in [-0.2, 0) is 14.8 Å². The Hall–Kier alpha value is -3.52. The highest BCUT2D eigenvalue weighted by molar-refractivity contribution is 7.92. The fourth-order valence-electron chi connectivity index (χ4n) is 2.97.